The zero-order valence-electron chi connectivity index (χ0n) is 14.4. The molecule has 0 spiro atoms. The van der Waals surface area contributed by atoms with Gasteiger partial charge in [0.1, 0.15) is 10.8 Å². The van der Waals surface area contributed by atoms with Crippen LogP contribution in [-0.2, 0) is 14.3 Å². The van der Waals surface area contributed by atoms with Crippen LogP contribution in [0.15, 0.2) is 29.6 Å². The van der Waals surface area contributed by atoms with Crippen LogP contribution in [0.2, 0.25) is 0 Å². The third kappa shape index (κ3) is 4.80. The molecule has 0 bridgehead atoms. The van der Waals surface area contributed by atoms with Gasteiger partial charge in [-0.1, -0.05) is 0 Å². The van der Waals surface area contributed by atoms with E-state index in [1.807, 2.05) is 24.3 Å². The van der Waals surface area contributed by atoms with Crippen LogP contribution >= 0.6 is 11.3 Å². The first-order chi connectivity index (χ1) is 12.7. The SMILES string of the molecule is COc1ccc(-c2nc(C(=O)OCC(=O)NC[C@@H]3CCCO3)cs2)cc1. The molecule has 7 nitrogen and oxygen atoms in total. The Morgan fingerprint density at radius 2 is 2.15 bits per heavy atom. The first kappa shape index (κ1) is 18.3. The predicted molar refractivity (Wildman–Crippen MR) is 96.4 cm³/mol. The molecule has 1 N–H and O–H groups in total. The largest absolute Gasteiger partial charge is 0.497 e. The van der Waals surface area contributed by atoms with Gasteiger partial charge in [-0.15, -0.1) is 11.3 Å². The summed E-state index contributed by atoms with van der Waals surface area (Å²) < 4.78 is 15.6. The standard InChI is InChI=1S/C18H20N2O5S/c1-23-13-6-4-12(5-7-13)17-20-15(11-26-17)18(22)25-10-16(21)19-9-14-3-2-8-24-14/h4-7,11,14H,2-3,8-10H2,1H3,(H,19,21)/t14-/m0/s1. The molecule has 2 aromatic rings. The summed E-state index contributed by atoms with van der Waals surface area (Å²) >= 11 is 1.34. The van der Waals surface area contributed by atoms with Crippen LogP contribution < -0.4 is 10.1 Å². The van der Waals surface area contributed by atoms with Gasteiger partial charge in [-0.3, -0.25) is 4.79 Å². The van der Waals surface area contributed by atoms with Gasteiger partial charge in [0.25, 0.3) is 5.91 Å². The maximum atomic E-state index is 12.1. The van der Waals surface area contributed by atoms with E-state index in [1.165, 1.54) is 11.3 Å². The van der Waals surface area contributed by atoms with Crippen molar-refractivity contribution in [2.24, 2.45) is 0 Å². The van der Waals surface area contributed by atoms with Gasteiger partial charge in [0.2, 0.25) is 0 Å². The highest BCUT2D eigenvalue weighted by molar-refractivity contribution is 7.13. The number of methoxy groups -OCH3 is 1. The number of carbonyl (C=O) groups is 2. The molecule has 1 aromatic heterocycles. The second-order valence-electron chi connectivity index (χ2n) is 5.78. The van der Waals surface area contributed by atoms with Crippen LogP contribution in [0.25, 0.3) is 10.6 Å². The Morgan fingerprint density at radius 3 is 2.85 bits per heavy atom. The summed E-state index contributed by atoms with van der Waals surface area (Å²) in [5, 5.41) is 5.02. The summed E-state index contributed by atoms with van der Waals surface area (Å²) in [5.41, 5.74) is 1.07. The Bertz CT molecular complexity index is 753. The number of ether oxygens (including phenoxy) is 3. The van der Waals surface area contributed by atoms with Crippen molar-refractivity contribution >= 4 is 23.2 Å². The molecule has 1 aliphatic rings. The monoisotopic (exact) mass is 376 g/mol. The molecule has 3 rings (SSSR count). The number of nitrogens with zero attached hydrogens (tertiary/aromatic N) is 1. The number of amides is 1. The molecule has 26 heavy (non-hydrogen) atoms. The van der Waals surface area contributed by atoms with E-state index in [9.17, 15) is 9.59 Å². The fourth-order valence-electron chi connectivity index (χ4n) is 2.52. The third-order valence-corrected chi connectivity index (χ3v) is 4.83. The van der Waals surface area contributed by atoms with Gasteiger partial charge in [-0.2, -0.15) is 0 Å². The lowest BCUT2D eigenvalue weighted by molar-refractivity contribution is -0.124. The minimum Gasteiger partial charge on any atom is -0.497 e. The summed E-state index contributed by atoms with van der Waals surface area (Å²) in [5.74, 6) is -0.216. The number of esters is 1. The van der Waals surface area contributed by atoms with Crippen LogP contribution in [0, 0.1) is 0 Å². The molecular formula is C18H20N2O5S. The fourth-order valence-corrected chi connectivity index (χ4v) is 3.32. The molecule has 2 heterocycles. The zero-order chi connectivity index (χ0) is 18.4. The van der Waals surface area contributed by atoms with E-state index in [-0.39, 0.29) is 24.3 Å². The molecule has 1 amide bonds. The maximum absolute atomic E-state index is 12.1. The second kappa shape index (κ2) is 8.77. The Labute approximate surface area is 155 Å². The smallest absolute Gasteiger partial charge is 0.358 e. The lowest BCUT2D eigenvalue weighted by Gasteiger charge is -2.10. The number of aromatic nitrogens is 1. The Kier molecular flexibility index (Phi) is 6.19. The molecule has 0 radical (unpaired) electrons. The van der Waals surface area contributed by atoms with Crippen molar-refractivity contribution in [1.29, 1.82) is 0 Å². The van der Waals surface area contributed by atoms with Crippen molar-refractivity contribution in [1.82, 2.24) is 10.3 Å². The van der Waals surface area contributed by atoms with Gasteiger partial charge in [0.15, 0.2) is 12.3 Å². The average molecular weight is 376 g/mol. The first-order valence-electron chi connectivity index (χ1n) is 8.31. The molecule has 8 heteroatoms. The van der Waals surface area contributed by atoms with E-state index in [0.717, 1.165) is 30.8 Å². The topological polar surface area (TPSA) is 86.8 Å². The number of hydrogen-bond donors (Lipinski definition) is 1. The van der Waals surface area contributed by atoms with Crippen molar-refractivity contribution in [2.75, 3.05) is 26.9 Å². The number of benzene rings is 1. The molecule has 1 atom stereocenters. The van der Waals surface area contributed by atoms with Crippen LogP contribution in [0.1, 0.15) is 23.3 Å². The third-order valence-electron chi connectivity index (χ3n) is 3.94. The normalized spacial score (nSPS) is 16.3. The summed E-state index contributed by atoms with van der Waals surface area (Å²) in [4.78, 5) is 28.1. The zero-order valence-corrected chi connectivity index (χ0v) is 15.2. The molecule has 1 saturated heterocycles. The van der Waals surface area contributed by atoms with Gasteiger partial charge in [-0.25, -0.2) is 9.78 Å². The lowest BCUT2D eigenvalue weighted by Crippen LogP contribution is -2.34. The first-order valence-corrected chi connectivity index (χ1v) is 9.19. The molecule has 138 valence electrons. The van der Waals surface area contributed by atoms with Crippen LogP contribution in [0.3, 0.4) is 0 Å². The van der Waals surface area contributed by atoms with E-state index >= 15 is 0 Å². The van der Waals surface area contributed by atoms with Crippen LogP contribution in [0.4, 0.5) is 0 Å². The Morgan fingerprint density at radius 1 is 1.35 bits per heavy atom. The highest BCUT2D eigenvalue weighted by Crippen LogP contribution is 2.25. The van der Waals surface area contributed by atoms with Gasteiger partial charge in [0, 0.05) is 24.1 Å². The highest BCUT2D eigenvalue weighted by atomic mass is 32.1. The van der Waals surface area contributed by atoms with Crippen molar-refractivity contribution in [3.8, 4) is 16.3 Å². The summed E-state index contributed by atoms with van der Waals surface area (Å²) in [6, 6.07) is 7.39. The van der Waals surface area contributed by atoms with Crippen LogP contribution in [0.5, 0.6) is 5.75 Å². The average Bonchev–Trinajstić information content (AvgIpc) is 3.36. The molecular weight excluding hydrogens is 356 g/mol. The van der Waals surface area contributed by atoms with Gasteiger partial charge in [-0.05, 0) is 37.1 Å². The van der Waals surface area contributed by atoms with E-state index in [0.29, 0.717) is 11.6 Å². The van der Waals surface area contributed by atoms with E-state index in [1.54, 1.807) is 12.5 Å². The highest BCUT2D eigenvalue weighted by Gasteiger charge is 2.18. The van der Waals surface area contributed by atoms with Gasteiger partial charge in [0.05, 0.1) is 13.2 Å². The number of thiazole rings is 1. The Hall–Kier alpha value is -2.45. The second-order valence-corrected chi connectivity index (χ2v) is 6.64. The van der Waals surface area contributed by atoms with E-state index in [2.05, 4.69) is 10.3 Å². The Balaban J connectivity index is 1.48. The molecule has 0 aliphatic carbocycles. The maximum Gasteiger partial charge on any atom is 0.358 e. The van der Waals surface area contributed by atoms with Gasteiger partial charge < -0.3 is 19.5 Å². The van der Waals surface area contributed by atoms with Crippen LogP contribution in [-0.4, -0.2) is 49.8 Å². The molecule has 0 unspecified atom stereocenters. The summed E-state index contributed by atoms with van der Waals surface area (Å²) in [6.45, 7) is 0.839. The van der Waals surface area contributed by atoms with Crippen molar-refractivity contribution in [3.05, 3.63) is 35.3 Å². The minimum absolute atomic E-state index is 0.0558. The molecule has 1 aliphatic heterocycles. The van der Waals surface area contributed by atoms with E-state index in [4.69, 9.17) is 14.2 Å². The minimum atomic E-state index is -0.617. The number of nitrogens with one attached hydrogen (secondary N) is 1. The van der Waals surface area contributed by atoms with Gasteiger partial charge >= 0.3 is 5.97 Å². The fraction of sp³-hybridized carbons (Fsp3) is 0.389. The quantitative estimate of drug-likeness (QED) is 0.746. The molecule has 0 saturated carbocycles. The number of hydrogen-bond acceptors (Lipinski definition) is 7. The lowest BCUT2D eigenvalue weighted by atomic mass is 10.2. The number of carbonyl (C=O) groups excluding carboxylic acids is 2. The van der Waals surface area contributed by atoms with Crippen molar-refractivity contribution in [2.45, 2.75) is 18.9 Å². The van der Waals surface area contributed by atoms with E-state index < -0.39 is 5.97 Å². The van der Waals surface area contributed by atoms with Crippen molar-refractivity contribution < 1.29 is 23.8 Å². The number of rotatable bonds is 7. The van der Waals surface area contributed by atoms with Crippen molar-refractivity contribution in [3.63, 3.8) is 0 Å². The predicted octanol–water partition coefficient (Wildman–Crippen LogP) is 2.27. The molecule has 1 fully saturated rings. The summed E-state index contributed by atoms with van der Waals surface area (Å²) in [6.07, 6.45) is 2.00. The summed E-state index contributed by atoms with van der Waals surface area (Å²) in [7, 11) is 1.60. The molecule has 1 aromatic carbocycles.